The summed E-state index contributed by atoms with van der Waals surface area (Å²) in [5.74, 6) is 1.76. The molecule has 3 atom stereocenters. The summed E-state index contributed by atoms with van der Waals surface area (Å²) in [5, 5.41) is 3.61. The van der Waals surface area contributed by atoms with Crippen LogP contribution in [-0.2, 0) is 6.42 Å². The van der Waals surface area contributed by atoms with Gasteiger partial charge in [-0.25, -0.2) is 0 Å². The van der Waals surface area contributed by atoms with Crippen LogP contribution in [0.4, 0.5) is 0 Å². The molecule has 0 aromatic carbocycles. The van der Waals surface area contributed by atoms with Gasteiger partial charge in [0.15, 0.2) is 0 Å². The van der Waals surface area contributed by atoms with E-state index < -0.39 is 0 Å². The molecule has 1 aliphatic rings. The van der Waals surface area contributed by atoms with Crippen LogP contribution in [0, 0.1) is 18.8 Å². The number of hydrogen-bond donors (Lipinski definition) is 1. The first kappa shape index (κ1) is 11.6. The maximum Gasteiger partial charge on any atom is 0.0448 e. The lowest BCUT2D eigenvalue weighted by molar-refractivity contribution is 0.450. The predicted molar refractivity (Wildman–Crippen MR) is 67.4 cm³/mol. The van der Waals surface area contributed by atoms with E-state index in [1.54, 1.807) is 0 Å². The smallest absolute Gasteiger partial charge is 0.0448 e. The Kier molecular flexibility index (Phi) is 3.59. The first-order valence-electron chi connectivity index (χ1n) is 6.36. The molecular formula is C14H22N2. The molecule has 1 aliphatic carbocycles. The van der Waals surface area contributed by atoms with Gasteiger partial charge in [-0.3, -0.25) is 4.98 Å². The second kappa shape index (κ2) is 4.96. The van der Waals surface area contributed by atoms with Gasteiger partial charge in [0.25, 0.3) is 0 Å². The van der Waals surface area contributed by atoms with Crippen molar-refractivity contribution < 1.29 is 0 Å². The molecule has 16 heavy (non-hydrogen) atoms. The Morgan fingerprint density at radius 2 is 2.31 bits per heavy atom. The quantitative estimate of drug-likeness (QED) is 0.821. The molecule has 1 aromatic heterocycles. The zero-order valence-corrected chi connectivity index (χ0v) is 10.5. The van der Waals surface area contributed by atoms with Gasteiger partial charge in [-0.15, -0.1) is 0 Å². The molecule has 0 bridgehead atoms. The summed E-state index contributed by atoms with van der Waals surface area (Å²) < 4.78 is 0. The van der Waals surface area contributed by atoms with Crippen molar-refractivity contribution in [3.63, 3.8) is 0 Å². The van der Waals surface area contributed by atoms with Crippen LogP contribution in [0.1, 0.15) is 31.5 Å². The van der Waals surface area contributed by atoms with Crippen molar-refractivity contribution in [2.24, 2.45) is 11.8 Å². The lowest BCUT2D eigenvalue weighted by Gasteiger charge is -2.18. The highest BCUT2D eigenvalue weighted by atomic mass is 14.9. The number of nitrogens with zero attached hydrogens (tertiary/aromatic N) is 1. The Hall–Kier alpha value is -0.890. The Morgan fingerprint density at radius 3 is 2.88 bits per heavy atom. The van der Waals surface area contributed by atoms with Crippen LogP contribution >= 0.6 is 0 Å². The maximum atomic E-state index is 4.50. The van der Waals surface area contributed by atoms with Gasteiger partial charge in [-0.1, -0.05) is 19.9 Å². The lowest BCUT2D eigenvalue weighted by atomic mass is 10.0. The first-order valence-corrected chi connectivity index (χ1v) is 6.36. The summed E-state index contributed by atoms with van der Waals surface area (Å²) in [6.07, 6.45) is 4.36. The first-order chi connectivity index (χ1) is 7.72. The molecule has 1 saturated carbocycles. The van der Waals surface area contributed by atoms with Crippen molar-refractivity contribution in [1.29, 1.82) is 0 Å². The van der Waals surface area contributed by atoms with Crippen LogP contribution in [0.15, 0.2) is 18.3 Å². The summed E-state index contributed by atoms with van der Waals surface area (Å²) in [7, 11) is 0. The van der Waals surface area contributed by atoms with E-state index >= 15 is 0 Å². The molecule has 1 N–H and O–H groups in total. The van der Waals surface area contributed by atoms with Crippen molar-refractivity contribution in [2.45, 2.75) is 39.7 Å². The fraction of sp³-hybridized carbons (Fsp3) is 0.643. The van der Waals surface area contributed by atoms with E-state index in [9.17, 15) is 0 Å². The number of rotatable bonds is 5. The fourth-order valence-corrected chi connectivity index (χ4v) is 2.49. The number of pyridine rings is 1. The van der Waals surface area contributed by atoms with Gasteiger partial charge in [-0.2, -0.15) is 0 Å². The molecule has 0 amide bonds. The van der Waals surface area contributed by atoms with Crippen LogP contribution in [0.5, 0.6) is 0 Å². The van der Waals surface area contributed by atoms with Crippen molar-refractivity contribution in [2.75, 3.05) is 6.54 Å². The van der Waals surface area contributed by atoms with Gasteiger partial charge < -0.3 is 5.32 Å². The number of likely N-dealkylation sites (N-methyl/N-ethyl adjacent to an activating group) is 1. The molecule has 3 unspecified atom stereocenters. The number of nitrogens with one attached hydrogen (secondary N) is 1. The molecule has 0 aliphatic heterocycles. The third-order valence-corrected chi connectivity index (χ3v) is 3.69. The summed E-state index contributed by atoms with van der Waals surface area (Å²) >= 11 is 0. The Bertz CT molecular complexity index is 348. The van der Waals surface area contributed by atoms with Crippen LogP contribution in [0.3, 0.4) is 0 Å². The topological polar surface area (TPSA) is 24.9 Å². The molecule has 88 valence electrons. The van der Waals surface area contributed by atoms with E-state index in [0.717, 1.165) is 24.8 Å². The summed E-state index contributed by atoms with van der Waals surface area (Å²) in [5.41, 5.74) is 2.58. The van der Waals surface area contributed by atoms with Crippen LogP contribution in [0.2, 0.25) is 0 Å². The highest BCUT2D eigenvalue weighted by molar-refractivity contribution is 5.19. The summed E-state index contributed by atoms with van der Waals surface area (Å²) in [6.45, 7) is 7.74. The van der Waals surface area contributed by atoms with Gasteiger partial charge in [0.05, 0.1) is 0 Å². The van der Waals surface area contributed by atoms with E-state index in [-0.39, 0.29) is 0 Å². The molecule has 2 nitrogen and oxygen atoms in total. The van der Waals surface area contributed by atoms with Crippen molar-refractivity contribution in [3.8, 4) is 0 Å². The van der Waals surface area contributed by atoms with Crippen LogP contribution in [-0.4, -0.2) is 17.6 Å². The summed E-state index contributed by atoms with van der Waals surface area (Å²) in [4.78, 5) is 4.50. The number of aromatic nitrogens is 1. The molecule has 1 heterocycles. The normalized spacial score (nSPS) is 25.4. The lowest BCUT2D eigenvalue weighted by Crippen LogP contribution is -2.34. The zero-order valence-electron chi connectivity index (χ0n) is 10.5. The van der Waals surface area contributed by atoms with Crippen LogP contribution < -0.4 is 5.32 Å². The Morgan fingerprint density at radius 1 is 1.56 bits per heavy atom. The van der Waals surface area contributed by atoms with Crippen LogP contribution in [0.25, 0.3) is 0 Å². The SMILES string of the molecule is CCNC(Cc1ncccc1C)C1CC1C. The highest BCUT2D eigenvalue weighted by Gasteiger charge is 2.39. The minimum absolute atomic E-state index is 0.619. The molecule has 0 spiro atoms. The van der Waals surface area contributed by atoms with Gasteiger partial charge in [0.1, 0.15) is 0 Å². The van der Waals surface area contributed by atoms with E-state index in [1.165, 1.54) is 17.7 Å². The highest BCUT2D eigenvalue weighted by Crippen LogP contribution is 2.41. The monoisotopic (exact) mass is 218 g/mol. The molecule has 1 aromatic rings. The van der Waals surface area contributed by atoms with Gasteiger partial charge in [-0.05, 0) is 43.4 Å². The van der Waals surface area contributed by atoms with E-state index in [0.29, 0.717) is 6.04 Å². The second-order valence-electron chi connectivity index (χ2n) is 5.01. The maximum absolute atomic E-state index is 4.50. The zero-order chi connectivity index (χ0) is 11.5. The molecule has 1 fully saturated rings. The van der Waals surface area contributed by atoms with Gasteiger partial charge in [0.2, 0.25) is 0 Å². The van der Waals surface area contributed by atoms with Crippen molar-refractivity contribution >= 4 is 0 Å². The number of aryl methyl sites for hydroxylation is 1. The molecule has 0 saturated heterocycles. The van der Waals surface area contributed by atoms with E-state index in [4.69, 9.17) is 0 Å². The number of hydrogen-bond acceptors (Lipinski definition) is 2. The minimum atomic E-state index is 0.619. The molecule has 2 heteroatoms. The average molecular weight is 218 g/mol. The third-order valence-electron chi connectivity index (χ3n) is 3.69. The second-order valence-corrected chi connectivity index (χ2v) is 5.01. The fourth-order valence-electron chi connectivity index (χ4n) is 2.49. The average Bonchev–Trinajstić information content (AvgIpc) is 2.98. The molecule has 0 radical (unpaired) electrons. The van der Waals surface area contributed by atoms with E-state index in [1.807, 2.05) is 12.3 Å². The van der Waals surface area contributed by atoms with Crippen molar-refractivity contribution in [3.05, 3.63) is 29.6 Å². The molecular weight excluding hydrogens is 196 g/mol. The predicted octanol–water partition coefficient (Wildman–Crippen LogP) is 2.57. The third kappa shape index (κ3) is 2.62. The molecule has 2 rings (SSSR count). The van der Waals surface area contributed by atoms with Gasteiger partial charge >= 0.3 is 0 Å². The minimum Gasteiger partial charge on any atom is -0.314 e. The van der Waals surface area contributed by atoms with Crippen molar-refractivity contribution in [1.82, 2.24) is 10.3 Å². The summed E-state index contributed by atoms with van der Waals surface area (Å²) in [6, 6.07) is 4.79. The largest absolute Gasteiger partial charge is 0.314 e. The standard InChI is InChI=1S/C14H22N2/c1-4-15-14(12-8-11(12)3)9-13-10(2)6-5-7-16-13/h5-7,11-12,14-15H,4,8-9H2,1-3H3. The Balaban J connectivity index is 2.03. The van der Waals surface area contributed by atoms with Gasteiger partial charge in [0, 0.05) is 24.4 Å². The Labute approximate surface area is 98.5 Å². The van der Waals surface area contributed by atoms with E-state index in [2.05, 4.69) is 37.1 Å².